The maximum Gasteiger partial charge on any atom is 0.280 e. The van der Waals surface area contributed by atoms with Crippen LogP contribution in [-0.4, -0.2) is 18.7 Å². The van der Waals surface area contributed by atoms with Gasteiger partial charge in [-0.2, -0.15) is 15.4 Å². The average molecular weight is 549 g/mol. The van der Waals surface area contributed by atoms with Crippen molar-refractivity contribution in [2.75, 3.05) is 12.1 Å². The van der Waals surface area contributed by atoms with Gasteiger partial charge >= 0.3 is 0 Å². The minimum absolute atomic E-state index is 0.180. The fourth-order valence-electron chi connectivity index (χ4n) is 3.46. The van der Waals surface area contributed by atoms with Crippen LogP contribution in [-0.2, 0) is 11.4 Å². The highest BCUT2D eigenvalue weighted by Crippen LogP contribution is 2.36. The molecule has 0 spiro atoms. The van der Waals surface area contributed by atoms with Crippen molar-refractivity contribution in [1.29, 1.82) is 5.26 Å². The molecule has 0 N–H and O–H groups in total. The average Bonchev–Trinajstić information content (AvgIpc) is 3.12. The van der Waals surface area contributed by atoms with E-state index in [9.17, 15) is 10.1 Å². The lowest BCUT2D eigenvalue weighted by Gasteiger charge is -2.14. The van der Waals surface area contributed by atoms with E-state index >= 15 is 0 Å². The molecule has 4 rings (SSSR count). The van der Waals surface area contributed by atoms with Gasteiger partial charge in [-0.3, -0.25) is 4.79 Å². The molecule has 0 saturated carbocycles. The van der Waals surface area contributed by atoms with Crippen LogP contribution in [0.2, 0.25) is 0 Å². The maximum atomic E-state index is 13.0. The number of carbonyl (C=O) groups is 1. The minimum Gasteiger partial charge on any atom is -0.493 e. The number of nitrogens with zero attached hydrogens (tertiary/aromatic N) is 3. The lowest BCUT2D eigenvalue weighted by atomic mass is 10.1. The van der Waals surface area contributed by atoms with Gasteiger partial charge in [0.05, 0.1) is 39.3 Å². The molecule has 0 aromatic heterocycles. The quantitative estimate of drug-likeness (QED) is 0.298. The molecule has 1 aliphatic rings. The standard InChI is InChI=1S/C26H20IN3O3/c1-17-22(26(31)30(29-17)21-10-4-3-5-11-21)12-18-13-23(27)25(24(14-18)32-2)33-16-20-9-7-6-8-19(20)15-28/h3-14H,16H2,1-2H3/b22-12+. The molecule has 6 nitrogen and oxygen atoms in total. The van der Waals surface area contributed by atoms with E-state index < -0.39 is 0 Å². The highest BCUT2D eigenvalue weighted by molar-refractivity contribution is 14.1. The van der Waals surface area contributed by atoms with E-state index in [2.05, 4.69) is 33.8 Å². The van der Waals surface area contributed by atoms with Gasteiger partial charge in [0.25, 0.3) is 5.91 Å². The fourth-order valence-corrected chi connectivity index (χ4v) is 4.24. The van der Waals surface area contributed by atoms with Crippen LogP contribution in [0, 0.1) is 14.9 Å². The van der Waals surface area contributed by atoms with Crippen molar-refractivity contribution in [1.82, 2.24) is 0 Å². The number of anilines is 1. The second kappa shape index (κ2) is 9.88. The summed E-state index contributed by atoms with van der Waals surface area (Å²) in [4.78, 5) is 13.0. The Morgan fingerprint density at radius 2 is 1.85 bits per heavy atom. The molecule has 0 radical (unpaired) electrons. The van der Waals surface area contributed by atoms with Crippen molar-refractivity contribution in [2.45, 2.75) is 13.5 Å². The van der Waals surface area contributed by atoms with Crippen molar-refractivity contribution in [2.24, 2.45) is 5.10 Å². The summed E-state index contributed by atoms with van der Waals surface area (Å²) in [7, 11) is 1.57. The number of benzene rings is 3. The molecule has 0 saturated heterocycles. The Hall–Kier alpha value is -3.64. The van der Waals surface area contributed by atoms with Crippen molar-refractivity contribution in [3.8, 4) is 17.6 Å². The van der Waals surface area contributed by atoms with Crippen LogP contribution in [0.4, 0.5) is 5.69 Å². The predicted octanol–water partition coefficient (Wildman–Crippen LogP) is 5.56. The van der Waals surface area contributed by atoms with E-state index in [1.54, 1.807) is 13.2 Å². The molecule has 0 bridgehead atoms. The Kier molecular flexibility index (Phi) is 6.75. The SMILES string of the molecule is COc1cc(/C=C2/C(=O)N(c3ccccc3)N=C2C)cc(I)c1OCc1ccccc1C#N. The summed E-state index contributed by atoms with van der Waals surface area (Å²) in [6, 6.07) is 22.6. The number of para-hydroxylation sites is 1. The summed E-state index contributed by atoms with van der Waals surface area (Å²) in [5, 5.41) is 15.1. The number of ether oxygens (including phenoxy) is 2. The Balaban J connectivity index is 1.61. The van der Waals surface area contributed by atoms with Crippen LogP contribution in [0.3, 0.4) is 0 Å². The third kappa shape index (κ3) is 4.76. The summed E-state index contributed by atoms with van der Waals surface area (Å²) in [5.41, 5.74) is 4.06. The topological polar surface area (TPSA) is 74.9 Å². The number of nitriles is 1. The highest BCUT2D eigenvalue weighted by Gasteiger charge is 2.28. The van der Waals surface area contributed by atoms with Gasteiger partial charge in [-0.05, 0) is 71.5 Å². The van der Waals surface area contributed by atoms with Gasteiger partial charge in [0.2, 0.25) is 0 Å². The Labute approximate surface area is 205 Å². The molecule has 1 aliphatic heterocycles. The zero-order valence-corrected chi connectivity index (χ0v) is 20.2. The fraction of sp³-hybridized carbons (Fsp3) is 0.115. The van der Waals surface area contributed by atoms with Crippen LogP contribution >= 0.6 is 22.6 Å². The molecule has 0 atom stereocenters. The number of amides is 1. The van der Waals surface area contributed by atoms with E-state index in [-0.39, 0.29) is 12.5 Å². The van der Waals surface area contributed by atoms with Gasteiger partial charge in [-0.1, -0.05) is 36.4 Å². The third-order valence-corrected chi connectivity index (χ3v) is 5.94. The number of rotatable bonds is 6. The van der Waals surface area contributed by atoms with E-state index in [1.807, 2.05) is 73.7 Å². The molecule has 164 valence electrons. The van der Waals surface area contributed by atoms with Gasteiger partial charge in [-0.15, -0.1) is 0 Å². The van der Waals surface area contributed by atoms with Crippen molar-refractivity contribution in [3.63, 3.8) is 0 Å². The summed E-state index contributed by atoms with van der Waals surface area (Å²) < 4.78 is 12.4. The summed E-state index contributed by atoms with van der Waals surface area (Å²) in [6.07, 6.45) is 1.81. The second-order valence-corrected chi connectivity index (χ2v) is 8.45. The van der Waals surface area contributed by atoms with E-state index in [4.69, 9.17) is 9.47 Å². The number of carbonyl (C=O) groups excluding carboxylic acids is 1. The molecule has 3 aromatic rings. The van der Waals surface area contributed by atoms with Gasteiger partial charge < -0.3 is 9.47 Å². The largest absolute Gasteiger partial charge is 0.493 e. The molecule has 0 unspecified atom stereocenters. The van der Waals surface area contributed by atoms with Crippen molar-refractivity contribution in [3.05, 3.63) is 92.6 Å². The van der Waals surface area contributed by atoms with E-state index in [0.29, 0.717) is 28.3 Å². The zero-order valence-electron chi connectivity index (χ0n) is 18.1. The van der Waals surface area contributed by atoms with Gasteiger partial charge in [0.15, 0.2) is 11.5 Å². The molecular weight excluding hydrogens is 529 g/mol. The molecule has 3 aromatic carbocycles. The first-order valence-electron chi connectivity index (χ1n) is 10.2. The number of hydrogen-bond acceptors (Lipinski definition) is 5. The smallest absolute Gasteiger partial charge is 0.280 e. The second-order valence-electron chi connectivity index (χ2n) is 7.29. The molecular formula is C26H20IN3O3. The molecule has 0 aliphatic carbocycles. The van der Waals surface area contributed by atoms with E-state index in [1.165, 1.54) is 5.01 Å². The molecule has 0 fully saturated rings. The van der Waals surface area contributed by atoms with Crippen LogP contribution < -0.4 is 14.5 Å². The van der Waals surface area contributed by atoms with Gasteiger partial charge in [-0.25, -0.2) is 0 Å². The number of hydrogen-bond donors (Lipinski definition) is 0. The monoisotopic (exact) mass is 549 g/mol. The Morgan fingerprint density at radius 1 is 1.12 bits per heavy atom. The van der Waals surface area contributed by atoms with Crippen LogP contribution in [0.5, 0.6) is 11.5 Å². The molecule has 1 heterocycles. The summed E-state index contributed by atoms with van der Waals surface area (Å²) in [5.74, 6) is 0.950. The lowest BCUT2D eigenvalue weighted by molar-refractivity contribution is -0.114. The first-order chi connectivity index (χ1) is 16.0. The number of methoxy groups -OCH3 is 1. The first kappa shape index (κ1) is 22.6. The van der Waals surface area contributed by atoms with E-state index in [0.717, 1.165) is 20.4 Å². The first-order valence-corrected chi connectivity index (χ1v) is 11.2. The third-order valence-electron chi connectivity index (χ3n) is 5.14. The van der Waals surface area contributed by atoms with Crippen LogP contribution in [0.15, 0.2) is 77.4 Å². The van der Waals surface area contributed by atoms with Crippen molar-refractivity contribution < 1.29 is 14.3 Å². The van der Waals surface area contributed by atoms with Crippen LogP contribution in [0.25, 0.3) is 6.08 Å². The van der Waals surface area contributed by atoms with Gasteiger partial charge in [0, 0.05) is 5.56 Å². The van der Waals surface area contributed by atoms with Gasteiger partial charge in [0.1, 0.15) is 6.61 Å². The summed E-state index contributed by atoms with van der Waals surface area (Å²) in [6.45, 7) is 2.06. The lowest BCUT2D eigenvalue weighted by Crippen LogP contribution is -2.21. The predicted molar refractivity (Wildman–Crippen MR) is 136 cm³/mol. The van der Waals surface area contributed by atoms with Crippen molar-refractivity contribution >= 4 is 46.0 Å². The molecule has 33 heavy (non-hydrogen) atoms. The number of halogens is 1. The normalized spacial score (nSPS) is 14.2. The maximum absolute atomic E-state index is 13.0. The zero-order chi connectivity index (χ0) is 23.4. The molecule has 1 amide bonds. The Bertz CT molecular complexity index is 1310. The molecule has 7 heteroatoms. The minimum atomic E-state index is -0.180. The van der Waals surface area contributed by atoms with Crippen LogP contribution in [0.1, 0.15) is 23.6 Å². The summed E-state index contributed by atoms with van der Waals surface area (Å²) >= 11 is 2.18. The highest BCUT2D eigenvalue weighted by atomic mass is 127. The number of hydrazone groups is 1. The Morgan fingerprint density at radius 3 is 2.58 bits per heavy atom.